The first-order chi connectivity index (χ1) is 5.86. The highest BCUT2D eigenvalue weighted by Crippen LogP contribution is 2.29. The Balaban J connectivity index is 2.17. The molecule has 0 radical (unpaired) electrons. The summed E-state index contributed by atoms with van der Waals surface area (Å²) in [6.45, 7) is 0. The van der Waals surface area contributed by atoms with Crippen molar-refractivity contribution in [2.24, 2.45) is 11.8 Å². The predicted molar refractivity (Wildman–Crippen MR) is 48.8 cm³/mol. The van der Waals surface area contributed by atoms with Gasteiger partial charge in [0.05, 0.1) is 0 Å². The van der Waals surface area contributed by atoms with Gasteiger partial charge in [0.15, 0.2) is 0 Å². The van der Waals surface area contributed by atoms with Gasteiger partial charge in [-0.15, -0.1) is 0 Å². The van der Waals surface area contributed by atoms with Crippen LogP contribution in [0.3, 0.4) is 0 Å². The second-order valence-corrected chi connectivity index (χ2v) is 4.06. The maximum absolute atomic E-state index is 11.5. The average Bonchev–Trinajstić information content (AvgIpc) is 1.97. The van der Waals surface area contributed by atoms with Crippen LogP contribution in [0.15, 0.2) is 12.2 Å². The summed E-state index contributed by atoms with van der Waals surface area (Å²) in [5, 5.41) is 0. The van der Waals surface area contributed by atoms with Gasteiger partial charge in [0.1, 0.15) is 5.78 Å². The lowest BCUT2D eigenvalue weighted by Gasteiger charge is -2.24. The SMILES string of the molecule is O=C1CCC2C=CCC1CCC2. The lowest BCUT2D eigenvalue weighted by molar-refractivity contribution is -0.123. The Morgan fingerprint density at radius 1 is 1.25 bits per heavy atom. The van der Waals surface area contributed by atoms with Crippen LogP contribution in [0.5, 0.6) is 0 Å². The fourth-order valence-corrected chi connectivity index (χ4v) is 2.34. The van der Waals surface area contributed by atoms with Gasteiger partial charge in [-0.3, -0.25) is 4.79 Å². The topological polar surface area (TPSA) is 17.1 Å². The minimum absolute atomic E-state index is 0.363. The summed E-state index contributed by atoms with van der Waals surface area (Å²) in [6, 6.07) is 0. The quantitative estimate of drug-likeness (QED) is 0.503. The van der Waals surface area contributed by atoms with E-state index in [1.165, 1.54) is 12.8 Å². The largest absolute Gasteiger partial charge is 0.299 e. The van der Waals surface area contributed by atoms with E-state index >= 15 is 0 Å². The van der Waals surface area contributed by atoms with Gasteiger partial charge < -0.3 is 0 Å². The first-order valence-electron chi connectivity index (χ1n) is 5.05. The normalized spacial score (nSPS) is 35.8. The number of hydrogen-bond donors (Lipinski definition) is 0. The highest BCUT2D eigenvalue weighted by molar-refractivity contribution is 5.81. The van der Waals surface area contributed by atoms with Crippen LogP contribution in [0.1, 0.15) is 38.5 Å². The summed E-state index contributed by atoms with van der Waals surface area (Å²) in [6.07, 6.45) is 11.2. The molecule has 3 rings (SSSR count). The molecule has 0 aromatic carbocycles. The summed E-state index contributed by atoms with van der Waals surface area (Å²) >= 11 is 0. The van der Waals surface area contributed by atoms with Gasteiger partial charge in [-0.2, -0.15) is 0 Å². The molecular weight excluding hydrogens is 148 g/mol. The third-order valence-electron chi connectivity index (χ3n) is 3.17. The van der Waals surface area contributed by atoms with E-state index < -0.39 is 0 Å². The molecule has 12 heavy (non-hydrogen) atoms. The second kappa shape index (κ2) is 3.42. The van der Waals surface area contributed by atoms with Crippen LogP contribution < -0.4 is 0 Å². The Morgan fingerprint density at radius 2 is 2.17 bits per heavy atom. The van der Waals surface area contributed by atoms with E-state index in [-0.39, 0.29) is 0 Å². The van der Waals surface area contributed by atoms with Crippen LogP contribution in [0.4, 0.5) is 0 Å². The molecule has 1 nitrogen and oxygen atoms in total. The van der Waals surface area contributed by atoms with Crippen molar-refractivity contribution in [2.45, 2.75) is 38.5 Å². The van der Waals surface area contributed by atoms with Crippen LogP contribution in [-0.4, -0.2) is 5.78 Å². The smallest absolute Gasteiger partial charge is 0.136 e. The molecule has 0 saturated heterocycles. The van der Waals surface area contributed by atoms with Crippen LogP contribution in [0.25, 0.3) is 0 Å². The molecule has 3 aliphatic carbocycles. The first kappa shape index (κ1) is 8.03. The Hall–Kier alpha value is -0.590. The minimum Gasteiger partial charge on any atom is -0.299 e. The molecular formula is C11H16O. The maximum atomic E-state index is 11.5. The van der Waals surface area contributed by atoms with Gasteiger partial charge in [0.25, 0.3) is 0 Å². The minimum atomic E-state index is 0.363. The molecule has 1 fully saturated rings. The van der Waals surface area contributed by atoms with E-state index in [9.17, 15) is 4.79 Å². The lowest BCUT2D eigenvalue weighted by atomic mass is 9.80. The molecule has 2 atom stereocenters. The number of allylic oxidation sites excluding steroid dienone is 2. The Morgan fingerprint density at radius 3 is 3.08 bits per heavy atom. The zero-order valence-corrected chi connectivity index (χ0v) is 7.46. The zero-order chi connectivity index (χ0) is 8.39. The van der Waals surface area contributed by atoms with Crippen molar-refractivity contribution in [1.29, 1.82) is 0 Å². The van der Waals surface area contributed by atoms with Crippen molar-refractivity contribution in [3.05, 3.63) is 12.2 Å². The first-order valence-corrected chi connectivity index (χ1v) is 5.05. The van der Waals surface area contributed by atoms with Gasteiger partial charge in [-0.05, 0) is 31.6 Å². The molecule has 0 aromatic rings. The summed E-state index contributed by atoms with van der Waals surface area (Å²) in [7, 11) is 0. The number of rotatable bonds is 0. The molecule has 3 aliphatic rings. The van der Waals surface area contributed by atoms with Crippen molar-refractivity contribution in [2.75, 3.05) is 0 Å². The molecule has 0 N–H and O–H groups in total. The predicted octanol–water partition coefficient (Wildman–Crippen LogP) is 2.71. The maximum Gasteiger partial charge on any atom is 0.136 e. The van der Waals surface area contributed by atoms with E-state index in [1.807, 2.05) is 0 Å². The Kier molecular flexibility index (Phi) is 2.29. The molecule has 2 bridgehead atoms. The standard InChI is InChI=1S/C11H16O/c12-11-8-7-9-3-1-5-10(11)6-2-4-9/h1,3,9-10H,2,4-8H2. The summed E-state index contributed by atoms with van der Waals surface area (Å²) in [5.41, 5.74) is 0. The number of Topliss-reactive ketones (excluding diaryl/α,β-unsaturated/α-hetero) is 1. The third-order valence-corrected chi connectivity index (χ3v) is 3.17. The van der Waals surface area contributed by atoms with E-state index in [2.05, 4.69) is 12.2 Å². The number of ketones is 1. The van der Waals surface area contributed by atoms with Crippen molar-refractivity contribution in [1.82, 2.24) is 0 Å². The van der Waals surface area contributed by atoms with E-state index in [4.69, 9.17) is 0 Å². The fraction of sp³-hybridized carbons (Fsp3) is 0.727. The van der Waals surface area contributed by atoms with Crippen LogP contribution in [-0.2, 0) is 4.79 Å². The molecule has 1 saturated carbocycles. The van der Waals surface area contributed by atoms with Crippen LogP contribution in [0, 0.1) is 11.8 Å². The highest BCUT2D eigenvalue weighted by Gasteiger charge is 2.23. The molecule has 0 heterocycles. The second-order valence-electron chi connectivity index (χ2n) is 4.06. The molecule has 2 unspecified atom stereocenters. The number of carbonyl (C=O) groups excluding carboxylic acids is 1. The van der Waals surface area contributed by atoms with Gasteiger partial charge in [-0.25, -0.2) is 0 Å². The Labute approximate surface area is 73.8 Å². The molecule has 0 aromatic heterocycles. The number of hydrogen-bond acceptors (Lipinski definition) is 1. The summed E-state index contributed by atoms with van der Waals surface area (Å²) in [4.78, 5) is 11.5. The molecule has 66 valence electrons. The van der Waals surface area contributed by atoms with Gasteiger partial charge >= 0.3 is 0 Å². The Bertz CT molecular complexity index is 205. The number of carbonyl (C=O) groups is 1. The van der Waals surface area contributed by atoms with Gasteiger partial charge in [-0.1, -0.05) is 18.6 Å². The molecule has 0 spiro atoms. The summed E-state index contributed by atoms with van der Waals surface area (Å²) in [5.74, 6) is 1.58. The van der Waals surface area contributed by atoms with Crippen molar-refractivity contribution in [3.63, 3.8) is 0 Å². The van der Waals surface area contributed by atoms with E-state index in [0.29, 0.717) is 17.6 Å². The van der Waals surface area contributed by atoms with Crippen molar-refractivity contribution >= 4 is 5.78 Å². The van der Waals surface area contributed by atoms with Crippen LogP contribution >= 0.6 is 0 Å². The molecule has 0 amide bonds. The number of fused-ring (bicyclic) bond motifs is 5. The molecule has 0 aliphatic heterocycles. The third kappa shape index (κ3) is 1.60. The summed E-state index contributed by atoms with van der Waals surface area (Å²) < 4.78 is 0. The molecule has 1 heteroatoms. The average molecular weight is 164 g/mol. The highest BCUT2D eigenvalue weighted by atomic mass is 16.1. The monoisotopic (exact) mass is 164 g/mol. The van der Waals surface area contributed by atoms with E-state index in [0.717, 1.165) is 25.7 Å². The van der Waals surface area contributed by atoms with Crippen LogP contribution in [0.2, 0.25) is 0 Å². The van der Waals surface area contributed by atoms with Gasteiger partial charge in [0.2, 0.25) is 0 Å². The lowest BCUT2D eigenvalue weighted by Crippen LogP contribution is -2.20. The van der Waals surface area contributed by atoms with Crippen molar-refractivity contribution in [3.8, 4) is 0 Å². The fourth-order valence-electron chi connectivity index (χ4n) is 2.34. The van der Waals surface area contributed by atoms with Crippen molar-refractivity contribution < 1.29 is 4.79 Å². The zero-order valence-electron chi connectivity index (χ0n) is 7.46. The van der Waals surface area contributed by atoms with E-state index in [1.54, 1.807) is 0 Å². The van der Waals surface area contributed by atoms with Gasteiger partial charge in [0, 0.05) is 12.3 Å².